The van der Waals surface area contributed by atoms with Gasteiger partial charge < -0.3 is 5.21 Å². The van der Waals surface area contributed by atoms with Gasteiger partial charge >= 0.3 is 0 Å². The first kappa shape index (κ1) is 14.5. The monoisotopic (exact) mass is 275 g/mol. The van der Waals surface area contributed by atoms with Crippen LogP contribution in [0.3, 0.4) is 0 Å². The van der Waals surface area contributed by atoms with Gasteiger partial charge in [-0.25, -0.2) is 4.39 Å². The standard InChI is InChI=1S/C15H18FN3O/c1-2-11-9-19(7-6-14(11)18-20)10-13-5-3-4-12(8-17)15(13)16/h3-5,11,20H,2,6-7,9-10H2,1H3/b18-14+. The molecule has 5 heteroatoms. The highest BCUT2D eigenvalue weighted by molar-refractivity contribution is 5.87. The molecule has 0 aliphatic carbocycles. The number of piperidine rings is 1. The molecular formula is C15H18FN3O. The molecule has 0 amide bonds. The van der Waals surface area contributed by atoms with E-state index in [0.29, 0.717) is 18.5 Å². The van der Waals surface area contributed by atoms with Crippen LogP contribution in [0.1, 0.15) is 30.9 Å². The van der Waals surface area contributed by atoms with Gasteiger partial charge in [0, 0.05) is 37.5 Å². The summed E-state index contributed by atoms with van der Waals surface area (Å²) < 4.78 is 14.0. The van der Waals surface area contributed by atoms with Crippen molar-refractivity contribution in [2.24, 2.45) is 11.1 Å². The van der Waals surface area contributed by atoms with Crippen LogP contribution in [0.15, 0.2) is 23.4 Å². The van der Waals surface area contributed by atoms with Crippen LogP contribution in [0.5, 0.6) is 0 Å². The maximum absolute atomic E-state index is 14.0. The lowest BCUT2D eigenvalue weighted by Crippen LogP contribution is -2.40. The molecule has 0 aromatic heterocycles. The highest BCUT2D eigenvalue weighted by Crippen LogP contribution is 2.21. The molecule has 0 bridgehead atoms. The smallest absolute Gasteiger partial charge is 0.145 e. The molecular weight excluding hydrogens is 257 g/mol. The van der Waals surface area contributed by atoms with Crippen LogP contribution in [0.4, 0.5) is 4.39 Å². The van der Waals surface area contributed by atoms with Gasteiger partial charge in [0.05, 0.1) is 11.3 Å². The van der Waals surface area contributed by atoms with Crippen LogP contribution in [0, 0.1) is 23.1 Å². The molecule has 1 N–H and O–H groups in total. The van der Waals surface area contributed by atoms with Gasteiger partial charge in [-0.2, -0.15) is 5.26 Å². The van der Waals surface area contributed by atoms with Crippen molar-refractivity contribution in [3.8, 4) is 6.07 Å². The summed E-state index contributed by atoms with van der Waals surface area (Å²) in [5, 5.41) is 21.2. The van der Waals surface area contributed by atoms with Crippen LogP contribution in [-0.4, -0.2) is 28.9 Å². The van der Waals surface area contributed by atoms with Crippen molar-refractivity contribution in [1.29, 1.82) is 5.26 Å². The average molecular weight is 275 g/mol. The van der Waals surface area contributed by atoms with Crippen molar-refractivity contribution in [3.63, 3.8) is 0 Å². The number of halogens is 1. The third kappa shape index (κ3) is 2.97. The maximum atomic E-state index is 14.0. The average Bonchev–Trinajstić information content (AvgIpc) is 2.49. The number of nitriles is 1. The van der Waals surface area contributed by atoms with Gasteiger partial charge in [0.25, 0.3) is 0 Å². The lowest BCUT2D eigenvalue weighted by molar-refractivity contribution is 0.218. The zero-order valence-electron chi connectivity index (χ0n) is 11.5. The fourth-order valence-corrected chi connectivity index (χ4v) is 2.65. The van der Waals surface area contributed by atoms with Gasteiger partial charge in [-0.05, 0) is 12.5 Å². The molecule has 1 fully saturated rings. The number of oxime groups is 1. The highest BCUT2D eigenvalue weighted by Gasteiger charge is 2.25. The second-order valence-corrected chi connectivity index (χ2v) is 5.07. The predicted molar refractivity (Wildman–Crippen MR) is 74.0 cm³/mol. The first-order valence-electron chi connectivity index (χ1n) is 6.80. The Morgan fingerprint density at radius 1 is 1.55 bits per heavy atom. The molecule has 4 nitrogen and oxygen atoms in total. The number of benzene rings is 1. The molecule has 0 spiro atoms. The van der Waals surface area contributed by atoms with Gasteiger partial charge in [0.1, 0.15) is 11.9 Å². The second-order valence-electron chi connectivity index (χ2n) is 5.07. The van der Waals surface area contributed by atoms with Gasteiger partial charge in [-0.1, -0.05) is 24.2 Å². The molecule has 1 atom stereocenters. The summed E-state index contributed by atoms with van der Waals surface area (Å²) in [6.07, 6.45) is 1.60. The molecule has 1 aromatic carbocycles. The Hall–Kier alpha value is -1.93. The number of hydrogen-bond donors (Lipinski definition) is 1. The van der Waals surface area contributed by atoms with E-state index in [1.807, 2.05) is 6.07 Å². The number of rotatable bonds is 3. The Morgan fingerprint density at radius 3 is 3.00 bits per heavy atom. The zero-order chi connectivity index (χ0) is 14.5. The van der Waals surface area contributed by atoms with E-state index in [-0.39, 0.29) is 11.5 Å². The minimum atomic E-state index is -0.426. The lowest BCUT2D eigenvalue weighted by Gasteiger charge is -2.32. The van der Waals surface area contributed by atoms with Crippen molar-refractivity contribution >= 4 is 5.71 Å². The largest absolute Gasteiger partial charge is 0.411 e. The highest BCUT2D eigenvalue weighted by atomic mass is 19.1. The maximum Gasteiger partial charge on any atom is 0.145 e. The number of hydrogen-bond acceptors (Lipinski definition) is 4. The van der Waals surface area contributed by atoms with E-state index in [2.05, 4.69) is 17.0 Å². The predicted octanol–water partition coefficient (Wildman–Crippen LogP) is 2.76. The summed E-state index contributed by atoms with van der Waals surface area (Å²) in [7, 11) is 0. The van der Waals surface area contributed by atoms with Crippen molar-refractivity contribution in [3.05, 3.63) is 35.1 Å². The summed E-state index contributed by atoms with van der Waals surface area (Å²) >= 11 is 0. The SMILES string of the molecule is CCC1CN(Cc2cccc(C#N)c2F)CC/C1=N\O. The van der Waals surface area contributed by atoms with Crippen molar-refractivity contribution < 1.29 is 9.60 Å². The van der Waals surface area contributed by atoms with E-state index < -0.39 is 5.82 Å². The molecule has 1 aromatic rings. The fraction of sp³-hybridized carbons (Fsp3) is 0.467. The van der Waals surface area contributed by atoms with Crippen molar-refractivity contribution in [2.45, 2.75) is 26.3 Å². The van der Waals surface area contributed by atoms with Crippen molar-refractivity contribution in [1.82, 2.24) is 4.90 Å². The van der Waals surface area contributed by atoms with Crippen LogP contribution < -0.4 is 0 Å². The molecule has 0 saturated carbocycles. The summed E-state index contributed by atoms with van der Waals surface area (Å²) in [6, 6.07) is 6.77. The topological polar surface area (TPSA) is 59.6 Å². The lowest BCUT2D eigenvalue weighted by atomic mass is 9.93. The van der Waals surface area contributed by atoms with E-state index in [9.17, 15) is 4.39 Å². The third-order valence-electron chi connectivity index (χ3n) is 3.85. The second kappa shape index (κ2) is 6.49. The summed E-state index contributed by atoms with van der Waals surface area (Å²) in [6.45, 7) is 4.03. The first-order valence-corrected chi connectivity index (χ1v) is 6.80. The van der Waals surface area contributed by atoms with Crippen LogP contribution >= 0.6 is 0 Å². The van der Waals surface area contributed by atoms with Crippen LogP contribution in [0.2, 0.25) is 0 Å². The summed E-state index contributed by atoms with van der Waals surface area (Å²) in [4.78, 5) is 2.14. The quantitative estimate of drug-likeness (QED) is 0.681. The third-order valence-corrected chi connectivity index (χ3v) is 3.85. The molecule has 1 saturated heterocycles. The van der Waals surface area contributed by atoms with E-state index in [1.165, 1.54) is 6.07 Å². The molecule has 1 unspecified atom stereocenters. The Morgan fingerprint density at radius 2 is 2.35 bits per heavy atom. The molecule has 0 radical (unpaired) electrons. The van der Waals surface area contributed by atoms with E-state index in [1.54, 1.807) is 12.1 Å². The normalized spacial score (nSPS) is 21.9. The minimum absolute atomic E-state index is 0.0872. The fourth-order valence-electron chi connectivity index (χ4n) is 2.65. The minimum Gasteiger partial charge on any atom is -0.411 e. The molecule has 1 aliphatic heterocycles. The summed E-state index contributed by atoms with van der Waals surface area (Å²) in [5.74, 6) is -0.208. The number of nitrogens with zero attached hydrogens (tertiary/aromatic N) is 3. The molecule has 106 valence electrons. The van der Waals surface area contributed by atoms with E-state index >= 15 is 0 Å². The Labute approximate surface area is 118 Å². The molecule has 2 rings (SSSR count). The van der Waals surface area contributed by atoms with Gasteiger partial charge in [0.2, 0.25) is 0 Å². The van der Waals surface area contributed by atoms with Gasteiger partial charge in [0.15, 0.2) is 0 Å². The number of likely N-dealkylation sites (tertiary alicyclic amines) is 1. The first-order chi connectivity index (χ1) is 9.69. The van der Waals surface area contributed by atoms with Crippen molar-refractivity contribution in [2.75, 3.05) is 13.1 Å². The van der Waals surface area contributed by atoms with E-state index in [0.717, 1.165) is 25.2 Å². The zero-order valence-corrected chi connectivity index (χ0v) is 11.5. The Bertz CT molecular complexity index is 551. The van der Waals surface area contributed by atoms with Crippen LogP contribution in [-0.2, 0) is 6.54 Å². The summed E-state index contributed by atoms with van der Waals surface area (Å²) in [5.41, 5.74) is 1.46. The molecule has 1 aliphatic rings. The molecule has 1 heterocycles. The Kier molecular flexibility index (Phi) is 4.70. The Balaban J connectivity index is 2.10. The van der Waals surface area contributed by atoms with Gasteiger partial charge in [-0.15, -0.1) is 0 Å². The van der Waals surface area contributed by atoms with Crippen LogP contribution in [0.25, 0.3) is 0 Å². The molecule has 20 heavy (non-hydrogen) atoms. The van der Waals surface area contributed by atoms with Gasteiger partial charge in [-0.3, -0.25) is 4.90 Å². The van der Waals surface area contributed by atoms with E-state index in [4.69, 9.17) is 10.5 Å².